The first-order chi connectivity index (χ1) is 8.61. The summed E-state index contributed by atoms with van der Waals surface area (Å²) >= 11 is 0. The predicted molar refractivity (Wildman–Crippen MR) is 66.7 cm³/mol. The molecule has 6 heteroatoms. The summed E-state index contributed by atoms with van der Waals surface area (Å²) in [4.78, 5) is 23.6. The number of rotatable bonds is 1. The highest BCUT2D eigenvalue weighted by Crippen LogP contribution is 2.27. The minimum absolute atomic E-state index is 0.00786. The lowest BCUT2D eigenvalue weighted by Gasteiger charge is -2.04. The third-order valence-corrected chi connectivity index (χ3v) is 2.75. The van der Waals surface area contributed by atoms with Crippen LogP contribution in [0.4, 0.5) is 11.6 Å². The molecule has 3 rings (SSSR count). The molecular weight excluding hydrogens is 230 g/mol. The standard InChI is InChI=1S/C12H11N5O/c1-6-14-11(17-12(13)15-6)7-2-3-9-8(4-7)5-10(18)16-9/h2-4H,5H2,1H3,(H,16,18)(H2,13,14,15,17). The minimum atomic E-state index is 0.00786. The van der Waals surface area contributed by atoms with Gasteiger partial charge < -0.3 is 11.1 Å². The Morgan fingerprint density at radius 3 is 2.89 bits per heavy atom. The number of nitrogens with zero attached hydrogens (tertiary/aromatic N) is 3. The van der Waals surface area contributed by atoms with E-state index in [1.54, 1.807) is 6.92 Å². The van der Waals surface area contributed by atoms with Crippen LogP contribution in [0.15, 0.2) is 18.2 Å². The smallest absolute Gasteiger partial charge is 0.228 e. The van der Waals surface area contributed by atoms with Crippen molar-refractivity contribution in [2.75, 3.05) is 11.1 Å². The molecule has 1 aliphatic heterocycles. The molecule has 0 saturated heterocycles. The van der Waals surface area contributed by atoms with Crippen LogP contribution in [0, 0.1) is 6.92 Å². The molecule has 0 atom stereocenters. The lowest BCUT2D eigenvalue weighted by molar-refractivity contribution is -0.115. The first-order valence-electron chi connectivity index (χ1n) is 5.53. The van der Waals surface area contributed by atoms with Crippen LogP contribution in [0.1, 0.15) is 11.4 Å². The number of nitrogens with two attached hydrogens (primary N) is 1. The number of nitrogen functional groups attached to an aromatic ring is 1. The van der Waals surface area contributed by atoms with Gasteiger partial charge in [0.05, 0.1) is 6.42 Å². The maximum atomic E-state index is 11.3. The third kappa shape index (κ3) is 1.77. The largest absolute Gasteiger partial charge is 0.368 e. The van der Waals surface area contributed by atoms with Gasteiger partial charge in [0.15, 0.2) is 5.82 Å². The fraction of sp³-hybridized carbons (Fsp3) is 0.167. The highest BCUT2D eigenvalue weighted by atomic mass is 16.1. The molecule has 18 heavy (non-hydrogen) atoms. The molecule has 1 aliphatic rings. The number of aromatic nitrogens is 3. The fourth-order valence-corrected chi connectivity index (χ4v) is 2.00. The first-order valence-corrected chi connectivity index (χ1v) is 5.53. The molecule has 3 N–H and O–H groups in total. The quantitative estimate of drug-likeness (QED) is 0.774. The zero-order valence-corrected chi connectivity index (χ0v) is 9.77. The van der Waals surface area contributed by atoms with Gasteiger partial charge in [-0.1, -0.05) is 0 Å². The minimum Gasteiger partial charge on any atom is -0.368 e. The molecular formula is C12H11N5O. The molecule has 0 spiro atoms. The van der Waals surface area contributed by atoms with Crippen molar-refractivity contribution in [1.82, 2.24) is 15.0 Å². The van der Waals surface area contributed by atoms with Gasteiger partial charge in [-0.15, -0.1) is 0 Å². The summed E-state index contributed by atoms with van der Waals surface area (Å²) in [5.41, 5.74) is 8.24. The Hall–Kier alpha value is -2.50. The van der Waals surface area contributed by atoms with E-state index in [9.17, 15) is 4.79 Å². The summed E-state index contributed by atoms with van der Waals surface area (Å²) in [5, 5.41) is 2.78. The second-order valence-electron chi connectivity index (χ2n) is 4.16. The van der Waals surface area contributed by atoms with Crippen LogP contribution >= 0.6 is 0 Å². The number of carbonyl (C=O) groups is 1. The predicted octanol–water partition coefficient (Wildman–Crippen LogP) is 0.924. The van der Waals surface area contributed by atoms with Gasteiger partial charge in [-0.2, -0.15) is 9.97 Å². The summed E-state index contributed by atoms with van der Waals surface area (Å²) in [5.74, 6) is 1.31. The van der Waals surface area contributed by atoms with Crippen LogP contribution in [-0.4, -0.2) is 20.9 Å². The first kappa shape index (κ1) is 10.6. The van der Waals surface area contributed by atoms with Gasteiger partial charge in [-0.3, -0.25) is 4.79 Å². The Morgan fingerprint density at radius 2 is 2.11 bits per heavy atom. The number of fused-ring (bicyclic) bond motifs is 1. The van der Waals surface area contributed by atoms with E-state index < -0.39 is 0 Å². The number of hydrogen-bond donors (Lipinski definition) is 2. The van der Waals surface area contributed by atoms with Crippen LogP contribution in [0.25, 0.3) is 11.4 Å². The van der Waals surface area contributed by atoms with Gasteiger partial charge in [0.2, 0.25) is 11.9 Å². The van der Waals surface area contributed by atoms with Crippen LogP contribution in [0.5, 0.6) is 0 Å². The van der Waals surface area contributed by atoms with E-state index in [1.165, 1.54) is 0 Å². The van der Waals surface area contributed by atoms with E-state index in [0.717, 1.165) is 16.8 Å². The number of amides is 1. The van der Waals surface area contributed by atoms with Crippen molar-refractivity contribution in [2.24, 2.45) is 0 Å². The van der Waals surface area contributed by atoms with Crippen LogP contribution in [0.3, 0.4) is 0 Å². The van der Waals surface area contributed by atoms with Crippen molar-refractivity contribution < 1.29 is 4.79 Å². The summed E-state index contributed by atoms with van der Waals surface area (Å²) in [6.07, 6.45) is 0.392. The van der Waals surface area contributed by atoms with Crippen molar-refractivity contribution >= 4 is 17.5 Å². The van der Waals surface area contributed by atoms with Crippen molar-refractivity contribution in [3.63, 3.8) is 0 Å². The lowest BCUT2D eigenvalue weighted by atomic mass is 10.1. The molecule has 1 amide bonds. The zero-order chi connectivity index (χ0) is 12.7. The third-order valence-electron chi connectivity index (χ3n) is 2.75. The lowest BCUT2D eigenvalue weighted by Crippen LogP contribution is -2.03. The molecule has 1 aromatic carbocycles. The Bertz CT molecular complexity index is 633. The number of hydrogen-bond acceptors (Lipinski definition) is 5. The SMILES string of the molecule is Cc1nc(N)nc(-c2ccc3c(c2)CC(=O)N3)n1. The van der Waals surface area contributed by atoms with E-state index in [4.69, 9.17) is 5.73 Å². The maximum absolute atomic E-state index is 11.3. The van der Waals surface area contributed by atoms with E-state index in [2.05, 4.69) is 20.3 Å². The van der Waals surface area contributed by atoms with Crippen molar-refractivity contribution in [1.29, 1.82) is 0 Å². The van der Waals surface area contributed by atoms with Crippen molar-refractivity contribution in [2.45, 2.75) is 13.3 Å². The topological polar surface area (TPSA) is 93.8 Å². The van der Waals surface area contributed by atoms with Gasteiger partial charge in [-0.25, -0.2) is 4.98 Å². The van der Waals surface area contributed by atoms with Crippen LogP contribution < -0.4 is 11.1 Å². The molecule has 0 bridgehead atoms. The van der Waals surface area contributed by atoms with Crippen molar-refractivity contribution in [3.05, 3.63) is 29.6 Å². The molecule has 0 aliphatic carbocycles. The van der Waals surface area contributed by atoms with E-state index in [1.807, 2.05) is 18.2 Å². The average molecular weight is 241 g/mol. The fourth-order valence-electron chi connectivity index (χ4n) is 2.00. The van der Waals surface area contributed by atoms with Gasteiger partial charge in [0.25, 0.3) is 0 Å². The van der Waals surface area contributed by atoms with Gasteiger partial charge >= 0.3 is 0 Å². The van der Waals surface area contributed by atoms with E-state index >= 15 is 0 Å². The Kier molecular flexibility index (Phi) is 2.22. The summed E-state index contributed by atoms with van der Waals surface area (Å²) < 4.78 is 0. The van der Waals surface area contributed by atoms with Gasteiger partial charge in [0.1, 0.15) is 5.82 Å². The van der Waals surface area contributed by atoms with Gasteiger partial charge in [-0.05, 0) is 30.7 Å². The molecule has 90 valence electrons. The monoisotopic (exact) mass is 241 g/mol. The zero-order valence-electron chi connectivity index (χ0n) is 9.77. The summed E-state index contributed by atoms with van der Waals surface area (Å²) in [6.45, 7) is 1.76. The molecule has 0 radical (unpaired) electrons. The van der Waals surface area contributed by atoms with Crippen molar-refractivity contribution in [3.8, 4) is 11.4 Å². The van der Waals surface area contributed by atoms with E-state index in [-0.39, 0.29) is 11.9 Å². The maximum Gasteiger partial charge on any atom is 0.228 e. The molecule has 1 aromatic heterocycles. The normalized spacial score (nSPS) is 13.3. The summed E-state index contributed by atoms with van der Waals surface area (Å²) in [7, 11) is 0. The highest BCUT2D eigenvalue weighted by Gasteiger charge is 2.18. The second kappa shape index (κ2) is 3.76. The molecule has 2 heterocycles. The summed E-state index contributed by atoms with van der Waals surface area (Å²) in [6, 6.07) is 5.62. The molecule has 2 aromatic rings. The Labute approximate surface area is 103 Å². The second-order valence-corrected chi connectivity index (χ2v) is 4.16. The van der Waals surface area contributed by atoms with Gasteiger partial charge in [0, 0.05) is 11.3 Å². The number of aryl methyl sites for hydroxylation is 1. The number of anilines is 2. The average Bonchev–Trinajstić information content (AvgIpc) is 2.66. The Balaban J connectivity index is 2.08. The van der Waals surface area contributed by atoms with E-state index in [0.29, 0.717) is 18.1 Å². The molecule has 6 nitrogen and oxygen atoms in total. The molecule has 0 fully saturated rings. The van der Waals surface area contributed by atoms with Crippen LogP contribution in [-0.2, 0) is 11.2 Å². The molecule has 0 unspecified atom stereocenters. The Morgan fingerprint density at radius 1 is 1.28 bits per heavy atom. The number of nitrogens with one attached hydrogen (secondary N) is 1. The number of carbonyl (C=O) groups excluding carboxylic acids is 1. The highest BCUT2D eigenvalue weighted by molar-refractivity contribution is 5.99. The molecule has 0 saturated carbocycles. The number of benzene rings is 1. The van der Waals surface area contributed by atoms with Crippen LogP contribution in [0.2, 0.25) is 0 Å².